The van der Waals surface area contributed by atoms with Crippen molar-refractivity contribution in [3.05, 3.63) is 47.5 Å². The normalized spacial score (nSPS) is 21.4. The summed E-state index contributed by atoms with van der Waals surface area (Å²) in [5, 5.41) is 10.2. The van der Waals surface area contributed by atoms with Gasteiger partial charge in [0.2, 0.25) is 5.91 Å². The zero-order valence-corrected chi connectivity index (χ0v) is 17.2. The van der Waals surface area contributed by atoms with Crippen LogP contribution in [0.1, 0.15) is 59.1 Å². The maximum atomic E-state index is 13.0. The molecule has 4 rings (SSSR count). The molecule has 3 amide bonds. The number of fused-ring (bicyclic) bond motifs is 1. The molecule has 0 radical (unpaired) electrons. The van der Waals surface area contributed by atoms with Gasteiger partial charge in [-0.05, 0) is 31.4 Å². The van der Waals surface area contributed by atoms with E-state index >= 15 is 0 Å². The number of carbonyl (C=O) groups is 3. The highest BCUT2D eigenvalue weighted by Gasteiger charge is 2.46. The molecule has 2 aromatic rings. The highest BCUT2D eigenvalue weighted by molar-refractivity contribution is 6.01. The van der Waals surface area contributed by atoms with E-state index < -0.39 is 5.54 Å². The van der Waals surface area contributed by atoms with Gasteiger partial charge in [-0.25, -0.2) is 0 Å². The molecule has 1 saturated carbocycles. The summed E-state index contributed by atoms with van der Waals surface area (Å²) in [6, 6.07) is 5.29. The Kier molecular flexibility index (Phi) is 5.27. The lowest BCUT2D eigenvalue weighted by molar-refractivity contribution is -0.133. The smallest absolute Gasteiger partial charge is 0.272 e. The largest absolute Gasteiger partial charge is 0.351 e. The van der Waals surface area contributed by atoms with Crippen LogP contribution in [0.15, 0.2) is 30.6 Å². The van der Waals surface area contributed by atoms with Gasteiger partial charge in [0.1, 0.15) is 11.2 Å². The summed E-state index contributed by atoms with van der Waals surface area (Å²) >= 11 is 0. The number of hydrogen-bond acceptors (Lipinski definition) is 5. The maximum Gasteiger partial charge on any atom is 0.272 e. The van der Waals surface area contributed by atoms with Gasteiger partial charge >= 0.3 is 0 Å². The van der Waals surface area contributed by atoms with Crippen molar-refractivity contribution < 1.29 is 14.4 Å². The Morgan fingerprint density at radius 3 is 2.77 bits per heavy atom. The summed E-state index contributed by atoms with van der Waals surface area (Å²) in [6.45, 7) is 2.24. The monoisotopic (exact) mass is 410 g/mol. The SMILES string of the molecule is CN1C(=O)c2cc(C(=O)NCc3cccnc3)nn2C[C@]1(C)C(=O)NC1CCCC1. The van der Waals surface area contributed by atoms with Gasteiger partial charge in [-0.3, -0.25) is 24.0 Å². The number of nitrogens with zero attached hydrogens (tertiary/aromatic N) is 4. The maximum absolute atomic E-state index is 13.0. The fourth-order valence-electron chi connectivity index (χ4n) is 4.02. The summed E-state index contributed by atoms with van der Waals surface area (Å²) < 4.78 is 1.47. The topological polar surface area (TPSA) is 109 Å². The molecule has 2 aromatic heterocycles. The third-order valence-corrected chi connectivity index (χ3v) is 6.09. The van der Waals surface area contributed by atoms with Gasteiger partial charge in [0.05, 0.1) is 6.54 Å². The van der Waals surface area contributed by atoms with Gasteiger partial charge in [0.25, 0.3) is 11.8 Å². The first-order valence-electron chi connectivity index (χ1n) is 10.2. The third kappa shape index (κ3) is 3.67. The van der Waals surface area contributed by atoms with E-state index in [1.165, 1.54) is 15.6 Å². The number of hydrogen-bond donors (Lipinski definition) is 2. The number of amides is 3. The Hall–Kier alpha value is -3.23. The number of nitrogens with one attached hydrogen (secondary N) is 2. The van der Waals surface area contributed by atoms with Crippen molar-refractivity contribution in [3.8, 4) is 0 Å². The number of aromatic nitrogens is 3. The molecule has 1 fully saturated rings. The molecule has 3 heterocycles. The lowest BCUT2D eigenvalue weighted by Gasteiger charge is -2.41. The molecule has 1 aliphatic carbocycles. The molecule has 9 heteroatoms. The van der Waals surface area contributed by atoms with Crippen LogP contribution in [0.5, 0.6) is 0 Å². The lowest BCUT2D eigenvalue weighted by atomic mass is 9.95. The predicted molar refractivity (Wildman–Crippen MR) is 109 cm³/mol. The minimum atomic E-state index is -1.07. The van der Waals surface area contributed by atoms with Crippen LogP contribution in [0.3, 0.4) is 0 Å². The third-order valence-electron chi connectivity index (χ3n) is 6.09. The zero-order chi connectivity index (χ0) is 21.3. The van der Waals surface area contributed by atoms with Gasteiger partial charge in [0, 0.05) is 38.1 Å². The van der Waals surface area contributed by atoms with Crippen LogP contribution >= 0.6 is 0 Å². The molecule has 0 spiro atoms. The van der Waals surface area contributed by atoms with Crippen molar-refractivity contribution in [2.75, 3.05) is 7.05 Å². The minimum absolute atomic E-state index is 0.149. The molecule has 1 aliphatic heterocycles. The van der Waals surface area contributed by atoms with Gasteiger partial charge in [-0.2, -0.15) is 5.10 Å². The number of pyridine rings is 1. The van der Waals surface area contributed by atoms with Crippen LogP contribution in [0.25, 0.3) is 0 Å². The molecular weight excluding hydrogens is 384 g/mol. The van der Waals surface area contributed by atoms with Crippen molar-refractivity contribution in [1.29, 1.82) is 0 Å². The molecule has 0 unspecified atom stereocenters. The van der Waals surface area contributed by atoms with E-state index in [-0.39, 0.29) is 36.0 Å². The van der Waals surface area contributed by atoms with Gasteiger partial charge in [-0.1, -0.05) is 18.9 Å². The second-order valence-electron chi connectivity index (χ2n) is 8.21. The molecule has 0 bridgehead atoms. The highest BCUT2D eigenvalue weighted by Crippen LogP contribution is 2.27. The predicted octanol–water partition coefficient (Wildman–Crippen LogP) is 1.11. The second-order valence-corrected chi connectivity index (χ2v) is 8.21. The Morgan fingerprint density at radius 1 is 1.30 bits per heavy atom. The number of likely N-dealkylation sites (N-methyl/N-ethyl adjacent to an activating group) is 1. The van der Waals surface area contributed by atoms with Crippen LogP contribution in [0.2, 0.25) is 0 Å². The van der Waals surface area contributed by atoms with Gasteiger partial charge < -0.3 is 15.5 Å². The van der Waals surface area contributed by atoms with E-state index in [0.717, 1.165) is 31.2 Å². The van der Waals surface area contributed by atoms with E-state index in [1.807, 2.05) is 6.07 Å². The zero-order valence-electron chi connectivity index (χ0n) is 17.2. The number of carbonyl (C=O) groups excluding carboxylic acids is 3. The highest BCUT2D eigenvalue weighted by atomic mass is 16.2. The Labute approximate surface area is 174 Å². The fourth-order valence-corrected chi connectivity index (χ4v) is 4.02. The van der Waals surface area contributed by atoms with Crippen LogP contribution in [-0.2, 0) is 17.9 Å². The van der Waals surface area contributed by atoms with Crippen LogP contribution in [0, 0.1) is 0 Å². The summed E-state index contributed by atoms with van der Waals surface area (Å²) in [7, 11) is 1.62. The first kappa shape index (κ1) is 20.1. The Morgan fingerprint density at radius 2 is 2.07 bits per heavy atom. The van der Waals surface area contributed by atoms with E-state index in [2.05, 4.69) is 20.7 Å². The molecule has 0 saturated heterocycles. The van der Waals surface area contributed by atoms with Gasteiger partial charge in [-0.15, -0.1) is 0 Å². The number of rotatable bonds is 5. The average Bonchev–Trinajstić information content (AvgIpc) is 3.41. The Balaban J connectivity index is 1.50. The fraction of sp³-hybridized carbons (Fsp3) is 0.476. The molecule has 9 nitrogen and oxygen atoms in total. The first-order chi connectivity index (χ1) is 14.4. The summed E-state index contributed by atoms with van der Waals surface area (Å²) in [4.78, 5) is 43.9. The van der Waals surface area contributed by atoms with E-state index in [4.69, 9.17) is 0 Å². The van der Waals surface area contributed by atoms with Crippen molar-refractivity contribution in [2.45, 2.75) is 57.3 Å². The van der Waals surface area contributed by atoms with Crippen LogP contribution < -0.4 is 10.6 Å². The average molecular weight is 410 g/mol. The van der Waals surface area contributed by atoms with Crippen LogP contribution in [0.4, 0.5) is 0 Å². The lowest BCUT2D eigenvalue weighted by Crippen LogP contribution is -2.63. The molecule has 2 N–H and O–H groups in total. The quantitative estimate of drug-likeness (QED) is 0.768. The Bertz CT molecular complexity index is 966. The van der Waals surface area contributed by atoms with Crippen molar-refractivity contribution in [1.82, 2.24) is 30.3 Å². The molecular formula is C21H26N6O3. The van der Waals surface area contributed by atoms with Crippen molar-refractivity contribution >= 4 is 17.7 Å². The van der Waals surface area contributed by atoms with E-state index in [0.29, 0.717) is 12.2 Å². The van der Waals surface area contributed by atoms with Crippen molar-refractivity contribution in [2.24, 2.45) is 0 Å². The molecule has 30 heavy (non-hydrogen) atoms. The standard InChI is InChI=1S/C21H26N6O3/c1-21(20(30)24-15-7-3-4-8-15)13-27-17(19(29)26(21)2)10-16(25-27)18(28)23-12-14-6-5-9-22-11-14/h5-6,9-11,15H,3-4,7-8,12-13H2,1-2H3,(H,23,28)(H,24,30)/t21-/m1/s1. The minimum Gasteiger partial charge on any atom is -0.351 e. The molecule has 1 atom stereocenters. The molecule has 158 valence electrons. The van der Waals surface area contributed by atoms with Crippen molar-refractivity contribution in [3.63, 3.8) is 0 Å². The second kappa shape index (κ2) is 7.89. The van der Waals surface area contributed by atoms with Gasteiger partial charge in [0.15, 0.2) is 5.69 Å². The summed E-state index contributed by atoms with van der Waals surface area (Å²) in [5.41, 5.74) is 0.246. The van der Waals surface area contributed by atoms with E-state index in [9.17, 15) is 14.4 Å². The molecule has 0 aromatic carbocycles. The molecule has 2 aliphatic rings. The van der Waals surface area contributed by atoms with Crippen LogP contribution in [-0.4, -0.2) is 56.0 Å². The van der Waals surface area contributed by atoms with E-state index in [1.54, 1.807) is 32.4 Å². The summed E-state index contributed by atoms with van der Waals surface area (Å²) in [6.07, 6.45) is 7.48. The summed E-state index contributed by atoms with van der Waals surface area (Å²) in [5.74, 6) is -0.897. The first-order valence-corrected chi connectivity index (χ1v) is 10.2.